The highest BCUT2D eigenvalue weighted by Gasteiger charge is 2.33. The number of aryl methyl sites for hydroxylation is 1. The number of hydrogen-bond donors (Lipinski definition) is 1. The molecule has 1 atom stereocenters. The smallest absolute Gasteiger partial charge is 0.264 e. The molecule has 3 aromatic carbocycles. The van der Waals surface area contributed by atoms with Crippen molar-refractivity contribution in [2.24, 2.45) is 0 Å². The van der Waals surface area contributed by atoms with Crippen molar-refractivity contribution in [3.05, 3.63) is 93.7 Å². The molecule has 0 radical (unpaired) electrons. The van der Waals surface area contributed by atoms with Crippen LogP contribution >= 0.6 is 23.2 Å². The van der Waals surface area contributed by atoms with Crippen molar-refractivity contribution in [1.29, 1.82) is 0 Å². The number of sulfonamides is 1. The summed E-state index contributed by atoms with van der Waals surface area (Å²) >= 11 is 12.4. The summed E-state index contributed by atoms with van der Waals surface area (Å²) in [6.45, 7) is 6.22. The fourth-order valence-corrected chi connectivity index (χ4v) is 5.68. The van der Waals surface area contributed by atoms with Gasteiger partial charge in [-0.05, 0) is 81.8 Å². The lowest BCUT2D eigenvalue weighted by Gasteiger charge is -2.32. The highest BCUT2D eigenvalue weighted by atomic mass is 35.5. The third kappa shape index (κ3) is 7.71. The lowest BCUT2D eigenvalue weighted by Crippen LogP contribution is -2.52. The van der Waals surface area contributed by atoms with E-state index in [4.69, 9.17) is 23.2 Å². The molecule has 0 aliphatic heterocycles. The molecule has 39 heavy (non-hydrogen) atoms. The van der Waals surface area contributed by atoms with Crippen molar-refractivity contribution >= 4 is 50.7 Å². The lowest BCUT2D eigenvalue weighted by molar-refractivity contribution is -0.139. The number of anilines is 1. The summed E-state index contributed by atoms with van der Waals surface area (Å²) in [5, 5.41) is 3.47. The zero-order chi connectivity index (χ0) is 28.9. The van der Waals surface area contributed by atoms with Gasteiger partial charge in [0.25, 0.3) is 10.0 Å². The van der Waals surface area contributed by atoms with Gasteiger partial charge in [-0.15, -0.1) is 0 Å². The Morgan fingerprint density at radius 1 is 0.949 bits per heavy atom. The number of nitrogens with one attached hydrogen (secondary N) is 1. The largest absolute Gasteiger partial charge is 0.352 e. The molecule has 7 nitrogen and oxygen atoms in total. The molecule has 0 unspecified atom stereocenters. The topological polar surface area (TPSA) is 86.8 Å². The monoisotopic (exact) mass is 593 g/mol. The van der Waals surface area contributed by atoms with Gasteiger partial charge in [-0.1, -0.05) is 47.0 Å². The van der Waals surface area contributed by atoms with Crippen LogP contribution in [0.1, 0.15) is 31.9 Å². The maximum atomic E-state index is 13.8. The Kier molecular flexibility index (Phi) is 9.98. The second-order valence-electron chi connectivity index (χ2n) is 9.40. The Bertz CT molecular complexity index is 1430. The van der Waals surface area contributed by atoms with Crippen molar-refractivity contribution in [2.75, 3.05) is 10.8 Å². The SMILES string of the molecule is Cc1ccc(S(=O)(=O)N(CC(=O)N(Cc2ccc(Cl)cc2Cl)[C@H](C)C(=O)NC(C)C)c2ccc(F)cc2)cc1. The molecule has 0 aliphatic carbocycles. The van der Waals surface area contributed by atoms with Crippen LogP contribution in [0.15, 0.2) is 71.6 Å². The number of benzene rings is 3. The Morgan fingerprint density at radius 3 is 2.13 bits per heavy atom. The van der Waals surface area contributed by atoms with E-state index < -0.39 is 40.2 Å². The number of carbonyl (C=O) groups is 2. The fraction of sp³-hybridized carbons (Fsp3) is 0.286. The van der Waals surface area contributed by atoms with Crippen molar-refractivity contribution in [1.82, 2.24) is 10.2 Å². The molecule has 0 bridgehead atoms. The minimum absolute atomic E-state index is 0.0388. The molecule has 3 rings (SSSR count). The first-order valence-corrected chi connectivity index (χ1v) is 14.4. The van der Waals surface area contributed by atoms with E-state index in [1.807, 2.05) is 6.92 Å². The first kappa shape index (κ1) is 30.4. The van der Waals surface area contributed by atoms with Gasteiger partial charge in [0.2, 0.25) is 11.8 Å². The van der Waals surface area contributed by atoms with Crippen LogP contribution in [0.5, 0.6) is 0 Å². The summed E-state index contributed by atoms with van der Waals surface area (Å²) in [4.78, 5) is 28.0. The maximum Gasteiger partial charge on any atom is 0.264 e. The van der Waals surface area contributed by atoms with Crippen LogP contribution < -0.4 is 9.62 Å². The van der Waals surface area contributed by atoms with E-state index >= 15 is 0 Å². The summed E-state index contributed by atoms with van der Waals surface area (Å²) in [6, 6.07) is 14.6. The molecule has 3 aromatic rings. The highest BCUT2D eigenvalue weighted by Crippen LogP contribution is 2.27. The zero-order valence-corrected chi connectivity index (χ0v) is 24.3. The third-order valence-electron chi connectivity index (χ3n) is 5.96. The van der Waals surface area contributed by atoms with Gasteiger partial charge in [-0.3, -0.25) is 13.9 Å². The van der Waals surface area contributed by atoms with Crippen LogP contribution in [0.25, 0.3) is 0 Å². The van der Waals surface area contributed by atoms with Crippen molar-refractivity contribution in [3.8, 4) is 0 Å². The van der Waals surface area contributed by atoms with Crippen molar-refractivity contribution in [3.63, 3.8) is 0 Å². The third-order valence-corrected chi connectivity index (χ3v) is 8.33. The fourth-order valence-electron chi connectivity index (χ4n) is 3.79. The summed E-state index contributed by atoms with van der Waals surface area (Å²) in [5.74, 6) is -1.64. The summed E-state index contributed by atoms with van der Waals surface area (Å²) in [6.07, 6.45) is 0. The maximum absolute atomic E-state index is 13.8. The van der Waals surface area contributed by atoms with Crippen LogP contribution in [0, 0.1) is 12.7 Å². The standard InChI is InChI=1S/C28H30Cl2FN3O4S/c1-18(2)32-28(36)20(4)33(16-21-7-8-22(29)15-26(21)30)27(35)17-34(24-11-9-23(31)10-12-24)39(37,38)25-13-5-19(3)6-14-25/h5-15,18,20H,16-17H2,1-4H3,(H,32,36)/t20-/m1/s1. The number of carbonyl (C=O) groups excluding carboxylic acids is 2. The van der Waals surface area contributed by atoms with E-state index in [1.165, 1.54) is 35.2 Å². The van der Waals surface area contributed by atoms with E-state index in [0.29, 0.717) is 15.6 Å². The minimum Gasteiger partial charge on any atom is -0.352 e. The lowest BCUT2D eigenvalue weighted by atomic mass is 10.1. The van der Waals surface area contributed by atoms with Gasteiger partial charge in [0.1, 0.15) is 18.4 Å². The predicted molar refractivity (Wildman–Crippen MR) is 152 cm³/mol. The van der Waals surface area contributed by atoms with Crippen LogP contribution in [-0.4, -0.2) is 43.8 Å². The molecule has 0 aromatic heterocycles. The van der Waals surface area contributed by atoms with E-state index in [-0.39, 0.29) is 23.2 Å². The number of hydrogen-bond acceptors (Lipinski definition) is 4. The van der Waals surface area contributed by atoms with Crippen LogP contribution in [0.2, 0.25) is 10.0 Å². The van der Waals surface area contributed by atoms with Gasteiger partial charge in [0, 0.05) is 22.6 Å². The predicted octanol–water partition coefficient (Wildman–Crippen LogP) is 5.58. The molecule has 1 N–H and O–H groups in total. The highest BCUT2D eigenvalue weighted by molar-refractivity contribution is 7.92. The van der Waals surface area contributed by atoms with E-state index in [1.54, 1.807) is 45.0 Å². The van der Waals surface area contributed by atoms with Gasteiger partial charge in [-0.2, -0.15) is 0 Å². The number of rotatable bonds is 10. The second-order valence-corrected chi connectivity index (χ2v) is 12.1. The van der Waals surface area contributed by atoms with Gasteiger partial charge in [0.15, 0.2) is 0 Å². The zero-order valence-electron chi connectivity index (χ0n) is 22.0. The molecule has 0 fully saturated rings. The van der Waals surface area contributed by atoms with Gasteiger partial charge >= 0.3 is 0 Å². The quantitative estimate of drug-likeness (QED) is 0.332. The van der Waals surface area contributed by atoms with E-state index in [0.717, 1.165) is 22.0 Å². The molecule has 208 valence electrons. The summed E-state index contributed by atoms with van der Waals surface area (Å²) < 4.78 is 42.1. The van der Waals surface area contributed by atoms with Gasteiger partial charge in [-0.25, -0.2) is 12.8 Å². The van der Waals surface area contributed by atoms with Crippen LogP contribution in [0.4, 0.5) is 10.1 Å². The average Bonchev–Trinajstić information content (AvgIpc) is 2.86. The molecular weight excluding hydrogens is 564 g/mol. The van der Waals surface area contributed by atoms with E-state index in [2.05, 4.69) is 5.32 Å². The number of nitrogens with zero attached hydrogens (tertiary/aromatic N) is 2. The molecule has 11 heteroatoms. The average molecular weight is 595 g/mol. The first-order chi connectivity index (χ1) is 18.3. The van der Waals surface area contributed by atoms with E-state index in [9.17, 15) is 22.4 Å². The molecule has 2 amide bonds. The Labute approximate surface area is 238 Å². The Morgan fingerprint density at radius 2 is 1.56 bits per heavy atom. The van der Waals surface area contributed by atoms with Crippen molar-refractivity contribution < 1.29 is 22.4 Å². The molecule has 0 saturated heterocycles. The molecule has 0 spiro atoms. The van der Waals surface area contributed by atoms with Gasteiger partial charge < -0.3 is 10.2 Å². The normalized spacial score (nSPS) is 12.2. The minimum atomic E-state index is -4.24. The van der Waals surface area contributed by atoms with Crippen LogP contribution in [0.3, 0.4) is 0 Å². The van der Waals surface area contributed by atoms with Crippen molar-refractivity contribution in [2.45, 2.75) is 51.2 Å². The number of amides is 2. The summed E-state index contributed by atoms with van der Waals surface area (Å²) in [5.41, 5.74) is 1.47. The summed E-state index contributed by atoms with van der Waals surface area (Å²) in [7, 11) is -4.24. The molecular formula is C28H30Cl2FN3O4S. The first-order valence-electron chi connectivity index (χ1n) is 12.2. The van der Waals surface area contributed by atoms with Gasteiger partial charge in [0.05, 0.1) is 10.6 Å². The van der Waals surface area contributed by atoms with Crippen LogP contribution in [-0.2, 0) is 26.2 Å². The second kappa shape index (κ2) is 12.8. The number of halogens is 3. The molecule has 0 heterocycles. The Balaban J connectivity index is 2.04. The molecule has 0 aliphatic rings. The Hall–Kier alpha value is -3.14. The molecule has 0 saturated carbocycles.